The second kappa shape index (κ2) is 5.58. The van der Waals surface area contributed by atoms with Crippen molar-refractivity contribution in [2.45, 2.75) is 31.7 Å². The Balaban J connectivity index is 3.15. The van der Waals surface area contributed by atoms with E-state index in [1.807, 2.05) is 20.8 Å². The van der Waals surface area contributed by atoms with Crippen molar-refractivity contribution in [1.29, 1.82) is 0 Å². The first kappa shape index (κ1) is 14.8. The Morgan fingerprint density at radius 1 is 1.28 bits per heavy atom. The van der Waals surface area contributed by atoms with Gasteiger partial charge in [-0.15, -0.1) is 0 Å². The minimum absolute atomic E-state index is 0.0671. The fourth-order valence-electron chi connectivity index (χ4n) is 1.35. The minimum atomic E-state index is -3.62. The third-order valence-electron chi connectivity index (χ3n) is 2.82. The third-order valence-corrected chi connectivity index (χ3v) is 4.40. The normalized spacial score (nSPS) is 13.6. The average molecular weight is 272 g/mol. The van der Waals surface area contributed by atoms with Crippen LogP contribution in [0.4, 0.5) is 5.69 Å². The van der Waals surface area contributed by atoms with Crippen LogP contribution in [0.5, 0.6) is 5.75 Å². The molecule has 0 spiro atoms. The number of methoxy groups -OCH3 is 1. The van der Waals surface area contributed by atoms with E-state index in [9.17, 15) is 8.42 Å². The molecular weight excluding hydrogens is 252 g/mol. The van der Waals surface area contributed by atoms with Crippen LogP contribution in [0.3, 0.4) is 0 Å². The molecule has 1 aromatic carbocycles. The Kier molecular flexibility index (Phi) is 4.59. The van der Waals surface area contributed by atoms with Crippen molar-refractivity contribution in [2.75, 3.05) is 12.8 Å². The summed E-state index contributed by atoms with van der Waals surface area (Å²) in [5.74, 6) is 0.486. The predicted octanol–water partition coefficient (Wildman–Crippen LogP) is 1.60. The Labute approximate surface area is 108 Å². The summed E-state index contributed by atoms with van der Waals surface area (Å²) in [5, 5.41) is 0. The predicted molar refractivity (Wildman–Crippen MR) is 72.0 cm³/mol. The molecule has 0 heterocycles. The molecule has 0 saturated carbocycles. The number of nitrogen functional groups attached to an aromatic ring is 1. The summed E-state index contributed by atoms with van der Waals surface area (Å²) in [6.07, 6.45) is 0. The summed E-state index contributed by atoms with van der Waals surface area (Å²) in [6, 6.07) is 4.38. The maximum absolute atomic E-state index is 12.2. The molecule has 1 rings (SSSR count). The van der Waals surface area contributed by atoms with Gasteiger partial charge in [0.1, 0.15) is 10.6 Å². The maximum atomic E-state index is 12.2. The number of sulfonamides is 1. The van der Waals surface area contributed by atoms with Gasteiger partial charge < -0.3 is 10.5 Å². The van der Waals surface area contributed by atoms with E-state index in [1.54, 1.807) is 12.1 Å². The second-order valence-corrected chi connectivity index (χ2v) is 6.25. The molecule has 18 heavy (non-hydrogen) atoms. The van der Waals surface area contributed by atoms with Gasteiger partial charge in [-0.25, -0.2) is 13.1 Å². The van der Waals surface area contributed by atoms with Gasteiger partial charge in [0.25, 0.3) is 0 Å². The zero-order valence-corrected chi connectivity index (χ0v) is 11.9. The van der Waals surface area contributed by atoms with Gasteiger partial charge in [0, 0.05) is 11.7 Å². The lowest BCUT2D eigenvalue weighted by Crippen LogP contribution is -2.36. The number of rotatable bonds is 5. The van der Waals surface area contributed by atoms with Crippen LogP contribution in [0.2, 0.25) is 0 Å². The first-order valence-corrected chi connectivity index (χ1v) is 7.22. The largest absolute Gasteiger partial charge is 0.495 e. The molecular formula is C12H20N2O3S. The minimum Gasteiger partial charge on any atom is -0.495 e. The molecule has 0 bridgehead atoms. The summed E-state index contributed by atoms with van der Waals surface area (Å²) in [7, 11) is -2.20. The summed E-state index contributed by atoms with van der Waals surface area (Å²) in [5.41, 5.74) is 6.00. The number of ether oxygens (including phenoxy) is 1. The van der Waals surface area contributed by atoms with E-state index in [4.69, 9.17) is 10.5 Å². The third kappa shape index (κ3) is 3.36. The average Bonchev–Trinajstić information content (AvgIpc) is 2.28. The van der Waals surface area contributed by atoms with Crippen molar-refractivity contribution in [3.05, 3.63) is 18.2 Å². The second-order valence-electron chi connectivity index (χ2n) is 4.56. The molecule has 6 heteroatoms. The highest BCUT2D eigenvalue weighted by Crippen LogP contribution is 2.26. The van der Waals surface area contributed by atoms with Crippen molar-refractivity contribution in [2.24, 2.45) is 5.92 Å². The van der Waals surface area contributed by atoms with Crippen LogP contribution < -0.4 is 15.2 Å². The molecule has 0 saturated heterocycles. The van der Waals surface area contributed by atoms with E-state index in [2.05, 4.69) is 4.72 Å². The molecule has 1 atom stereocenters. The molecule has 0 amide bonds. The Morgan fingerprint density at radius 2 is 1.89 bits per heavy atom. The molecule has 0 fully saturated rings. The summed E-state index contributed by atoms with van der Waals surface area (Å²) >= 11 is 0. The monoisotopic (exact) mass is 272 g/mol. The topological polar surface area (TPSA) is 81.4 Å². The number of hydrogen-bond donors (Lipinski definition) is 2. The number of nitrogens with two attached hydrogens (primary N) is 1. The van der Waals surface area contributed by atoms with Crippen molar-refractivity contribution < 1.29 is 13.2 Å². The quantitative estimate of drug-likeness (QED) is 0.798. The molecule has 0 aliphatic heterocycles. The SMILES string of the molecule is COc1ccc(N)cc1S(=O)(=O)NC(C)C(C)C. The highest BCUT2D eigenvalue weighted by atomic mass is 32.2. The first-order valence-electron chi connectivity index (χ1n) is 5.73. The smallest absolute Gasteiger partial charge is 0.244 e. The lowest BCUT2D eigenvalue weighted by atomic mass is 10.1. The van der Waals surface area contributed by atoms with Crippen LogP contribution >= 0.6 is 0 Å². The van der Waals surface area contributed by atoms with Crippen molar-refractivity contribution in [1.82, 2.24) is 4.72 Å². The Bertz CT molecular complexity index is 512. The molecule has 0 aromatic heterocycles. The van der Waals surface area contributed by atoms with Crippen LogP contribution in [0.1, 0.15) is 20.8 Å². The van der Waals surface area contributed by atoms with Crippen LogP contribution in [0, 0.1) is 5.92 Å². The summed E-state index contributed by atoms with van der Waals surface area (Å²) in [6.45, 7) is 5.72. The van der Waals surface area contributed by atoms with Crippen molar-refractivity contribution in [3.63, 3.8) is 0 Å². The van der Waals surface area contributed by atoms with Gasteiger partial charge in [-0.05, 0) is 31.0 Å². The molecule has 0 radical (unpaired) electrons. The number of nitrogens with one attached hydrogen (secondary N) is 1. The van der Waals surface area contributed by atoms with Crippen LogP contribution in [0.25, 0.3) is 0 Å². The van der Waals surface area contributed by atoms with Crippen molar-refractivity contribution >= 4 is 15.7 Å². The van der Waals surface area contributed by atoms with Gasteiger partial charge in [-0.3, -0.25) is 0 Å². The van der Waals surface area contributed by atoms with Crippen LogP contribution in [0.15, 0.2) is 23.1 Å². The van der Waals surface area contributed by atoms with E-state index in [1.165, 1.54) is 13.2 Å². The zero-order chi connectivity index (χ0) is 13.9. The number of hydrogen-bond acceptors (Lipinski definition) is 4. The molecule has 1 unspecified atom stereocenters. The highest BCUT2D eigenvalue weighted by molar-refractivity contribution is 7.89. The number of anilines is 1. The Morgan fingerprint density at radius 3 is 2.39 bits per heavy atom. The van der Waals surface area contributed by atoms with E-state index >= 15 is 0 Å². The van der Waals surface area contributed by atoms with E-state index in [0.29, 0.717) is 5.69 Å². The maximum Gasteiger partial charge on any atom is 0.244 e. The summed E-state index contributed by atoms with van der Waals surface area (Å²) < 4.78 is 32.1. The summed E-state index contributed by atoms with van der Waals surface area (Å²) in [4.78, 5) is 0.0671. The first-order chi connectivity index (χ1) is 8.27. The van der Waals surface area contributed by atoms with Gasteiger partial charge in [0.05, 0.1) is 7.11 Å². The molecule has 3 N–H and O–H groups in total. The van der Waals surface area contributed by atoms with Gasteiger partial charge in [0.2, 0.25) is 10.0 Å². The lowest BCUT2D eigenvalue weighted by Gasteiger charge is -2.18. The van der Waals surface area contributed by atoms with E-state index < -0.39 is 10.0 Å². The van der Waals surface area contributed by atoms with Crippen LogP contribution in [-0.2, 0) is 10.0 Å². The molecule has 0 aliphatic rings. The van der Waals surface area contributed by atoms with Crippen LogP contribution in [-0.4, -0.2) is 21.6 Å². The van der Waals surface area contributed by atoms with E-state index in [0.717, 1.165) is 0 Å². The molecule has 102 valence electrons. The standard InChI is InChI=1S/C12H20N2O3S/c1-8(2)9(3)14-18(15,16)12-7-10(13)5-6-11(12)17-4/h5-9,14H,13H2,1-4H3. The Hall–Kier alpha value is -1.27. The van der Waals surface area contributed by atoms with Gasteiger partial charge in [-0.1, -0.05) is 13.8 Å². The fourth-order valence-corrected chi connectivity index (χ4v) is 2.94. The van der Waals surface area contributed by atoms with Gasteiger partial charge in [-0.2, -0.15) is 0 Å². The molecule has 1 aromatic rings. The van der Waals surface area contributed by atoms with Gasteiger partial charge >= 0.3 is 0 Å². The molecule has 0 aliphatic carbocycles. The highest BCUT2D eigenvalue weighted by Gasteiger charge is 2.23. The zero-order valence-electron chi connectivity index (χ0n) is 11.1. The lowest BCUT2D eigenvalue weighted by molar-refractivity contribution is 0.401. The van der Waals surface area contributed by atoms with Crippen molar-refractivity contribution in [3.8, 4) is 5.75 Å². The van der Waals surface area contributed by atoms with E-state index in [-0.39, 0.29) is 22.6 Å². The molecule has 5 nitrogen and oxygen atoms in total. The number of benzene rings is 1. The fraction of sp³-hybridized carbons (Fsp3) is 0.500. The van der Waals surface area contributed by atoms with Gasteiger partial charge in [0.15, 0.2) is 0 Å².